The number of benzene rings is 2. The van der Waals surface area contributed by atoms with Crippen LogP contribution < -0.4 is 15.9 Å². The van der Waals surface area contributed by atoms with E-state index >= 15 is 0 Å². The van der Waals surface area contributed by atoms with Crippen molar-refractivity contribution in [1.29, 1.82) is 0 Å². The number of sulfonamides is 1. The third-order valence-corrected chi connectivity index (χ3v) is 8.54. The summed E-state index contributed by atoms with van der Waals surface area (Å²) in [5.74, 6) is -0.398. The molecule has 2 fully saturated rings. The number of aromatic nitrogens is 2. The normalized spacial score (nSPS) is 17.2. The second kappa shape index (κ2) is 9.48. The average molecular weight is 500 g/mol. The molecule has 0 atom stereocenters. The number of amides is 1. The lowest BCUT2D eigenvalue weighted by atomic mass is 10.2. The Bertz CT molecular complexity index is 1420. The van der Waals surface area contributed by atoms with Crippen molar-refractivity contribution in [3.63, 3.8) is 0 Å². The number of imidazole rings is 1. The van der Waals surface area contributed by atoms with Crippen molar-refractivity contribution in [2.45, 2.75) is 24.3 Å². The van der Waals surface area contributed by atoms with Gasteiger partial charge in [0.1, 0.15) is 6.54 Å². The van der Waals surface area contributed by atoms with Gasteiger partial charge in [-0.05, 0) is 43.2 Å². The standard InChI is InChI=1S/C24H29N5O5S/c1-26-21-6-2-3-7-22(21)29(24(26)31)17-23(30)25-19-16-18(8-9-20(19)27-10-4-5-11-27)35(32,33)28-12-14-34-15-13-28/h2-3,6-9,16H,4-5,10-15,17H2,1H3,(H,25,30). The first-order valence-electron chi connectivity index (χ1n) is 11.8. The molecule has 1 amide bonds. The molecule has 35 heavy (non-hydrogen) atoms. The van der Waals surface area contributed by atoms with Crippen LogP contribution in [0, 0.1) is 0 Å². The number of aryl methyl sites for hydroxylation is 1. The molecule has 2 aliphatic rings. The second-order valence-electron chi connectivity index (χ2n) is 8.85. The van der Waals surface area contributed by atoms with Crippen molar-refractivity contribution in [3.8, 4) is 0 Å². The van der Waals surface area contributed by atoms with Crippen LogP contribution in [-0.2, 0) is 33.1 Å². The predicted molar refractivity (Wildman–Crippen MR) is 133 cm³/mol. The smallest absolute Gasteiger partial charge is 0.329 e. The van der Waals surface area contributed by atoms with E-state index in [1.807, 2.05) is 18.2 Å². The monoisotopic (exact) mass is 499 g/mol. The van der Waals surface area contributed by atoms with Crippen LogP contribution in [0.1, 0.15) is 12.8 Å². The van der Waals surface area contributed by atoms with Gasteiger partial charge in [0.05, 0.1) is 40.5 Å². The fraction of sp³-hybridized carbons (Fsp3) is 0.417. The van der Waals surface area contributed by atoms with Crippen LogP contribution >= 0.6 is 0 Å². The molecule has 0 saturated carbocycles. The number of hydrogen-bond acceptors (Lipinski definition) is 6. The van der Waals surface area contributed by atoms with Crippen LogP contribution in [0.4, 0.5) is 11.4 Å². The lowest BCUT2D eigenvalue weighted by molar-refractivity contribution is -0.116. The summed E-state index contributed by atoms with van der Waals surface area (Å²) in [6.07, 6.45) is 2.07. The van der Waals surface area contributed by atoms with Crippen molar-refractivity contribution in [3.05, 3.63) is 52.9 Å². The van der Waals surface area contributed by atoms with Crippen LogP contribution in [0.5, 0.6) is 0 Å². The Hall–Kier alpha value is -3.15. The molecule has 1 aromatic heterocycles. The van der Waals surface area contributed by atoms with Gasteiger partial charge in [-0.3, -0.25) is 13.9 Å². The third-order valence-electron chi connectivity index (χ3n) is 6.65. The second-order valence-corrected chi connectivity index (χ2v) is 10.8. The number of nitrogens with zero attached hydrogens (tertiary/aromatic N) is 4. The maximum Gasteiger partial charge on any atom is 0.329 e. The summed E-state index contributed by atoms with van der Waals surface area (Å²) in [6.45, 7) is 2.79. The lowest BCUT2D eigenvalue weighted by Crippen LogP contribution is -2.40. The van der Waals surface area contributed by atoms with Crippen LogP contribution in [0.2, 0.25) is 0 Å². The zero-order valence-electron chi connectivity index (χ0n) is 19.6. The van der Waals surface area contributed by atoms with E-state index in [0.29, 0.717) is 37.5 Å². The largest absolute Gasteiger partial charge is 0.379 e. The highest BCUT2D eigenvalue weighted by molar-refractivity contribution is 7.89. The number of morpholine rings is 1. The van der Waals surface area contributed by atoms with Gasteiger partial charge in [0.2, 0.25) is 15.9 Å². The molecule has 1 N–H and O–H groups in total. The molecular weight excluding hydrogens is 470 g/mol. The Morgan fingerprint density at radius 2 is 1.69 bits per heavy atom. The summed E-state index contributed by atoms with van der Waals surface area (Å²) in [5.41, 5.74) is 2.33. The Morgan fingerprint density at radius 3 is 2.40 bits per heavy atom. The van der Waals surface area contributed by atoms with E-state index in [0.717, 1.165) is 37.1 Å². The van der Waals surface area contributed by atoms with Gasteiger partial charge in [0.15, 0.2) is 0 Å². The summed E-state index contributed by atoms with van der Waals surface area (Å²) < 4.78 is 36.1. The van der Waals surface area contributed by atoms with Gasteiger partial charge in [-0.2, -0.15) is 4.31 Å². The number of nitrogens with one attached hydrogen (secondary N) is 1. The quantitative estimate of drug-likeness (QED) is 0.552. The molecule has 10 nitrogen and oxygen atoms in total. The molecule has 0 spiro atoms. The van der Waals surface area contributed by atoms with Gasteiger partial charge in [-0.1, -0.05) is 12.1 Å². The molecule has 2 saturated heterocycles. The van der Waals surface area contributed by atoms with Crippen LogP contribution in [-0.4, -0.2) is 67.2 Å². The van der Waals surface area contributed by atoms with Gasteiger partial charge < -0.3 is 15.0 Å². The van der Waals surface area contributed by atoms with E-state index < -0.39 is 15.9 Å². The summed E-state index contributed by atoms with van der Waals surface area (Å²) in [6, 6.07) is 12.2. The molecule has 0 bridgehead atoms. The zero-order chi connectivity index (χ0) is 24.6. The van der Waals surface area contributed by atoms with E-state index in [1.165, 1.54) is 19.5 Å². The van der Waals surface area contributed by atoms with Gasteiger partial charge in [-0.25, -0.2) is 13.2 Å². The van der Waals surface area contributed by atoms with E-state index in [2.05, 4.69) is 10.2 Å². The number of carbonyl (C=O) groups excluding carboxylic acids is 1. The number of fused-ring (bicyclic) bond motifs is 1. The SMILES string of the molecule is Cn1c(=O)n(CC(=O)Nc2cc(S(=O)(=O)N3CCOCC3)ccc2N2CCCC2)c2ccccc21. The molecule has 0 unspecified atom stereocenters. The number of anilines is 2. The maximum atomic E-state index is 13.2. The fourth-order valence-electron chi connectivity index (χ4n) is 4.79. The Morgan fingerprint density at radius 1 is 1.00 bits per heavy atom. The third kappa shape index (κ3) is 4.46. The van der Waals surface area contributed by atoms with E-state index in [-0.39, 0.29) is 17.1 Å². The summed E-state index contributed by atoms with van der Waals surface area (Å²) in [5, 5.41) is 2.90. The van der Waals surface area contributed by atoms with Crippen molar-refractivity contribution in [2.24, 2.45) is 7.05 Å². The van der Waals surface area contributed by atoms with E-state index in [9.17, 15) is 18.0 Å². The lowest BCUT2D eigenvalue weighted by Gasteiger charge is -2.27. The molecular formula is C24H29N5O5S. The van der Waals surface area contributed by atoms with E-state index in [1.54, 1.807) is 25.2 Å². The number of rotatable bonds is 6. The maximum absolute atomic E-state index is 13.2. The average Bonchev–Trinajstić information content (AvgIpc) is 3.48. The fourth-order valence-corrected chi connectivity index (χ4v) is 6.23. The molecule has 186 valence electrons. The topological polar surface area (TPSA) is 106 Å². The minimum atomic E-state index is -3.73. The van der Waals surface area contributed by atoms with E-state index in [4.69, 9.17) is 4.74 Å². The highest BCUT2D eigenvalue weighted by Crippen LogP contribution is 2.32. The predicted octanol–water partition coefficient (Wildman–Crippen LogP) is 1.60. The first-order chi connectivity index (χ1) is 16.9. The molecule has 0 radical (unpaired) electrons. The molecule has 3 aromatic rings. The van der Waals surface area contributed by atoms with Crippen LogP contribution in [0.25, 0.3) is 11.0 Å². The minimum absolute atomic E-state index is 0.125. The van der Waals surface area contributed by atoms with Gasteiger partial charge in [0, 0.05) is 33.2 Å². The Kier molecular flexibility index (Phi) is 6.39. The molecule has 3 heterocycles. The summed E-state index contributed by atoms with van der Waals surface area (Å²) >= 11 is 0. The molecule has 2 aromatic carbocycles. The Labute approximate surface area is 203 Å². The van der Waals surface area contributed by atoms with Crippen molar-refractivity contribution in [2.75, 3.05) is 49.6 Å². The first kappa shape index (κ1) is 23.6. The first-order valence-corrected chi connectivity index (χ1v) is 13.2. The molecule has 0 aliphatic carbocycles. The van der Waals surface area contributed by atoms with Crippen molar-refractivity contribution < 1.29 is 17.9 Å². The van der Waals surface area contributed by atoms with Crippen molar-refractivity contribution >= 4 is 38.3 Å². The highest BCUT2D eigenvalue weighted by atomic mass is 32.2. The van der Waals surface area contributed by atoms with Gasteiger partial charge in [0.25, 0.3) is 0 Å². The van der Waals surface area contributed by atoms with Crippen LogP contribution in [0.3, 0.4) is 0 Å². The number of carbonyl (C=O) groups is 1. The van der Waals surface area contributed by atoms with Gasteiger partial charge in [-0.15, -0.1) is 0 Å². The Balaban J connectivity index is 1.47. The summed E-state index contributed by atoms with van der Waals surface area (Å²) in [7, 11) is -2.06. The van der Waals surface area contributed by atoms with Crippen molar-refractivity contribution in [1.82, 2.24) is 13.4 Å². The number of para-hydroxylation sites is 2. The van der Waals surface area contributed by atoms with Crippen LogP contribution in [0.15, 0.2) is 52.2 Å². The molecule has 2 aliphatic heterocycles. The molecule has 5 rings (SSSR count). The number of ether oxygens (including phenoxy) is 1. The minimum Gasteiger partial charge on any atom is -0.379 e. The number of hydrogen-bond donors (Lipinski definition) is 1. The zero-order valence-corrected chi connectivity index (χ0v) is 20.5. The van der Waals surface area contributed by atoms with Gasteiger partial charge >= 0.3 is 5.69 Å². The molecule has 11 heteroatoms. The highest BCUT2D eigenvalue weighted by Gasteiger charge is 2.28. The summed E-state index contributed by atoms with van der Waals surface area (Å²) in [4.78, 5) is 28.2.